The number of nitrogens with one attached hydrogen (secondary N) is 1. The fraction of sp³-hybridized carbons (Fsp3) is 0.211. The third-order valence-corrected chi connectivity index (χ3v) is 4.12. The molecule has 1 aliphatic heterocycles. The average Bonchev–Trinajstić information content (AvgIpc) is 2.60. The van der Waals surface area contributed by atoms with Crippen molar-refractivity contribution in [2.75, 3.05) is 6.61 Å². The van der Waals surface area contributed by atoms with Gasteiger partial charge in [-0.2, -0.15) is 0 Å². The predicted molar refractivity (Wildman–Crippen MR) is 95.9 cm³/mol. The highest BCUT2D eigenvalue weighted by molar-refractivity contribution is 6.34. The Hall–Kier alpha value is -2.66. The van der Waals surface area contributed by atoms with E-state index in [0.29, 0.717) is 23.0 Å². The van der Waals surface area contributed by atoms with E-state index in [4.69, 9.17) is 16.3 Å². The molecule has 0 radical (unpaired) electrons. The van der Waals surface area contributed by atoms with Crippen LogP contribution in [0.15, 0.2) is 69.9 Å². The number of hydrogen-bond donors (Lipinski definition) is 1. The molecule has 25 heavy (non-hydrogen) atoms. The Balaban J connectivity index is 1.96. The summed E-state index contributed by atoms with van der Waals surface area (Å²) in [7, 11) is 0. The molecule has 1 unspecified atom stereocenters. The smallest absolute Gasteiger partial charge is 0.345 e. The molecule has 1 aromatic carbocycles. The van der Waals surface area contributed by atoms with Gasteiger partial charge in [0.25, 0.3) is 5.91 Å². The Bertz CT molecular complexity index is 822. The molecular weight excluding hydrogens is 340 g/mol. The highest BCUT2D eigenvalue weighted by Crippen LogP contribution is 2.29. The second kappa shape index (κ2) is 7.49. The molecule has 5 nitrogen and oxygen atoms in total. The van der Waals surface area contributed by atoms with Crippen LogP contribution in [0.3, 0.4) is 0 Å². The van der Waals surface area contributed by atoms with Gasteiger partial charge in [0.05, 0.1) is 18.2 Å². The quantitative estimate of drug-likeness (QED) is 0.650. The van der Waals surface area contributed by atoms with Gasteiger partial charge in [-0.1, -0.05) is 48.0 Å². The van der Waals surface area contributed by atoms with Crippen LogP contribution in [0.4, 0.5) is 0 Å². The van der Waals surface area contributed by atoms with Crippen molar-refractivity contribution in [3.8, 4) is 0 Å². The predicted octanol–water partition coefficient (Wildman–Crippen LogP) is 2.88. The minimum atomic E-state index is -0.667. The normalized spacial score (nSPS) is 19.1. The van der Waals surface area contributed by atoms with Crippen molar-refractivity contribution in [2.24, 2.45) is 10.9 Å². The number of benzene rings is 1. The van der Waals surface area contributed by atoms with Gasteiger partial charge in [-0.05, 0) is 24.6 Å². The van der Waals surface area contributed by atoms with Gasteiger partial charge < -0.3 is 10.1 Å². The van der Waals surface area contributed by atoms with Crippen LogP contribution in [0.5, 0.6) is 0 Å². The van der Waals surface area contributed by atoms with E-state index < -0.39 is 11.9 Å². The second-order valence-corrected chi connectivity index (χ2v) is 5.99. The highest BCUT2D eigenvalue weighted by Gasteiger charge is 2.35. The summed E-state index contributed by atoms with van der Waals surface area (Å²) >= 11 is 6.01. The van der Waals surface area contributed by atoms with Crippen molar-refractivity contribution in [2.45, 2.75) is 13.5 Å². The fourth-order valence-electron chi connectivity index (χ4n) is 2.75. The van der Waals surface area contributed by atoms with Crippen LogP contribution in [0.25, 0.3) is 0 Å². The Labute approximate surface area is 150 Å². The van der Waals surface area contributed by atoms with Gasteiger partial charge in [-0.3, -0.25) is 4.79 Å². The SMILES string of the molecule is CCOC(=O)C1=C(NCc2ccccc2)C2C=CC(Cl)=CC2=NC1=O. The molecule has 0 fully saturated rings. The first-order valence-corrected chi connectivity index (χ1v) is 8.35. The molecule has 1 amide bonds. The number of dihydropyridines is 1. The molecule has 1 aromatic rings. The van der Waals surface area contributed by atoms with Crippen LogP contribution in [-0.2, 0) is 20.9 Å². The minimum Gasteiger partial charge on any atom is -0.462 e. The topological polar surface area (TPSA) is 67.8 Å². The molecule has 0 aromatic heterocycles. The van der Waals surface area contributed by atoms with Crippen molar-refractivity contribution in [1.82, 2.24) is 5.32 Å². The molecule has 3 rings (SSSR count). The standard InChI is InChI=1S/C19H17ClN2O3/c1-2-25-19(24)16-17(21-11-12-6-4-3-5-7-12)14-9-8-13(20)10-15(14)22-18(16)23/h3-10,14,21H,2,11H2,1H3. The van der Waals surface area contributed by atoms with E-state index in [0.717, 1.165) is 5.56 Å². The lowest BCUT2D eigenvalue weighted by molar-refractivity contribution is -0.140. The Morgan fingerprint density at radius 3 is 2.80 bits per heavy atom. The van der Waals surface area contributed by atoms with Gasteiger partial charge in [0.1, 0.15) is 5.57 Å². The highest BCUT2D eigenvalue weighted by atomic mass is 35.5. The fourth-order valence-corrected chi connectivity index (χ4v) is 2.93. The van der Waals surface area contributed by atoms with Crippen LogP contribution >= 0.6 is 11.6 Å². The van der Waals surface area contributed by atoms with E-state index in [1.54, 1.807) is 19.1 Å². The first-order chi connectivity index (χ1) is 12.1. The molecule has 0 saturated carbocycles. The first kappa shape index (κ1) is 17.2. The number of allylic oxidation sites excluding steroid dienone is 4. The monoisotopic (exact) mass is 356 g/mol. The van der Waals surface area contributed by atoms with E-state index in [1.165, 1.54) is 0 Å². The summed E-state index contributed by atoms with van der Waals surface area (Å²) < 4.78 is 5.04. The van der Waals surface area contributed by atoms with Gasteiger partial charge in [0, 0.05) is 17.3 Å². The van der Waals surface area contributed by atoms with Gasteiger partial charge >= 0.3 is 5.97 Å². The summed E-state index contributed by atoms with van der Waals surface area (Å²) in [6.07, 6.45) is 5.18. The van der Waals surface area contributed by atoms with Crippen LogP contribution in [-0.4, -0.2) is 24.2 Å². The maximum atomic E-state index is 12.4. The summed E-state index contributed by atoms with van der Waals surface area (Å²) in [4.78, 5) is 28.7. The largest absolute Gasteiger partial charge is 0.462 e. The lowest BCUT2D eigenvalue weighted by Crippen LogP contribution is -2.35. The number of hydrogen-bond acceptors (Lipinski definition) is 4. The zero-order valence-corrected chi connectivity index (χ0v) is 14.4. The maximum absolute atomic E-state index is 12.4. The van der Waals surface area contributed by atoms with E-state index >= 15 is 0 Å². The number of fused-ring (bicyclic) bond motifs is 1. The van der Waals surface area contributed by atoms with Gasteiger partial charge in [0.2, 0.25) is 0 Å². The molecule has 0 saturated heterocycles. The third kappa shape index (κ3) is 3.72. The minimum absolute atomic E-state index is 0.0531. The van der Waals surface area contributed by atoms with Crippen molar-refractivity contribution in [3.63, 3.8) is 0 Å². The number of carbonyl (C=O) groups excluding carboxylic acids is 2. The third-order valence-electron chi connectivity index (χ3n) is 3.88. The van der Waals surface area contributed by atoms with Gasteiger partial charge in [0.15, 0.2) is 0 Å². The van der Waals surface area contributed by atoms with Crippen molar-refractivity contribution in [3.05, 3.63) is 70.4 Å². The average molecular weight is 357 g/mol. The number of nitrogens with zero attached hydrogens (tertiary/aromatic N) is 1. The van der Waals surface area contributed by atoms with Gasteiger partial charge in [-0.15, -0.1) is 0 Å². The van der Waals surface area contributed by atoms with E-state index in [1.807, 2.05) is 36.4 Å². The zero-order valence-electron chi connectivity index (χ0n) is 13.7. The lowest BCUT2D eigenvalue weighted by Gasteiger charge is -2.27. The lowest BCUT2D eigenvalue weighted by atomic mass is 9.88. The molecule has 0 bridgehead atoms. The summed E-state index contributed by atoms with van der Waals surface area (Å²) in [5.41, 5.74) is 1.99. The summed E-state index contributed by atoms with van der Waals surface area (Å²) in [5, 5.41) is 3.72. The molecule has 128 valence electrons. The van der Waals surface area contributed by atoms with E-state index in [-0.39, 0.29) is 18.1 Å². The summed E-state index contributed by atoms with van der Waals surface area (Å²) in [6.45, 7) is 2.35. The van der Waals surface area contributed by atoms with Crippen molar-refractivity contribution < 1.29 is 14.3 Å². The van der Waals surface area contributed by atoms with Crippen LogP contribution < -0.4 is 5.32 Å². The molecule has 1 aliphatic carbocycles. The molecule has 6 heteroatoms. The maximum Gasteiger partial charge on any atom is 0.345 e. The Morgan fingerprint density at radius 1 is 1.32 bits per heavy atom. The van der Waals surface area contributed by atoms with Crippen molar-refractivity contribution >= 4 is 29.2 Å². The molecule has 0 spiro atoms. The Kier molecular flexibility index (Phi) is 5.14. The first-order valence-electron chi connectivity index (χ1n) is 7.97. The van der Waals surface area contributed by atoms with Crippen molar-refractivity contribution in [1.29, 1.82) is 0 Å². The Morgan fingerprint density at radius 2 is 2.08 bits per heavy atom. The van der Waals surface area contributed by atoms with Crippen LogP contribution in [0.2, 0.25) is 0 Å². The second-order valence-electron chi connectivity index (χ2n) is 5.56. The molecule has 1 atom stereocenters. The molecule has 1 heterocycles. The van der Waals surface area contributed by atoms with E-state index in [9.17, 15) is 9.59 Å². The number of esters is 1. The molecule has 1 N–H and O–H groups in total. The molecule has 2 aliphatic rings. The summed E-state index contributed by atoms with van der Waals surface area (Å²) in [6, 6.07) is 9.72. The number of ether oxygens (including phenoxy) is 1. The van der Waals surface area contributed by atoms with Crippen LogP contribution in [0, 0.1) is 5.92 Å². The summed E-state index contributed by atoms with van der Waals surface area (Å²) in [5.74, 6) is -1.61. The number of halogens is 1. The number of aliphatic imine (C=N–C) groups is 1. The van der Waals surface area contributed by atoms with E-state index in [2.05, 4.69) is 10.3 Å². The van der Waals surface area contributed by atoms with Crippen LogP contribution in [0.1, 0.15) is 12.5 Å². The number of carbonyl (C=O) groups is 2. The molecular formula is C19H17ClN2O3. The number of rotatable bonds is 5. The number of amides is 1. The van der Waals surface area contributed by atoms with Gasteiger partial charge in [-0.25, -0.2) is 9.79 Å². The zero-order chi connectivity index (χ0) is 17.8.